The highest BCUT2D eigenvalue weighted by molar-refractivity contribution is 7.91. The normalized spacial score (nSPS) is 17.2. The number of carbonyl (C=O) groups is 2. The minimum Gasteiger partial charge on any atom is -0.353 e. The molecule has 1 fully saturated rings. The van der Waals surface area contributed by atoms with Crippen LogP contribution in [0.2, 0.25) is 5.02 Å². The fourth-order valence-corrected chi connectivity index (χ4v) is 3.92. The van der Waals surface area contributed by atoms with Gasteiger partial charge in [-0.25, -0.2) is 17.9 Å². The number of carbonyl (C=O) groups excluding carboxylic acids is 2. The van der Waals surface area contributed by atoms with Crippen molar-refractivity contribution in [3.8, 4) is 0 Å². The average molecular weight is 388 g/mol. The fraction of sp³-hybridized carbons (Fsp3) is 0.500. The summed E-state index contributed by atoms with van der Waals surface area (Å²) in [5.41, 5.74) is 2.16. The topological polar surface area (TPSA) is 104 Å². The van der Waals surface area contributed by atoms with Crippen molar-refractivity contribution < 1.29 is 18.0 Å². The summed E-state index contributed by atoms with van der Waals surface area (Å²) in [5, 5.41) is 4.28. The lowest BCUT2D eigenvalue weighted by atomic mass is 9.92. The quantitative estimate of drug-likeness (QED) is 0.675. The molecule has 1 aliphatic heterocycles. The van der Waals surface area contributed by atoms with Gasteiger partial charge in [-0.15, -0.1) is 0 Å². The molecule has 0 radical (unpaired) electrons. The molecule has 1 heterocycles. The van der Waals surface area contributed by atoms with Gasteiger partial charge in [0, 0.05) is 17.3 Å². The lowest BCUT2D eigenvalue weighted by molar-refractivity contribution is -0.124. The van der Waals surface area contributed by atoms with E-state index in [0.717, 1.165) is 11.1 Å². The molecule has 0 saturated carbocycles. The van der Waals surface area contributed by atoms with Gasteiger partial charge in [0.05, 0.1) is 0 Å². The first-order chi connectivity index (χ1) is 11.5. The third-order valence-corrected chi connectivity index (χ3v) is 5.83. The molecule has 138 valence electrons. The van der Waals surface area contributed by atoms with Gasteiger partial charge in [-0.05, 0) is 35.1 Å². The summed E-state index contributed by atoms with van der Waals surface area (Å²) < 4.78 is 26.0. The van der Waals surface area contributed by atoms with Crippen LogP contribution in [0.3, 0.4) is 0 Å². The van der Waals surface area contributed by atoms with Crippen LogP contribution in [0.1, 0.15) is 50.7 Å². The second-order valence-electron chi connectivity index (χ2n) is 6.60. The maximum Gasteiger partial charge on any atom is 0.332 e. The minimum absolute atomic E-state index is 0.00310. The first-order valence-corrected chi connectivity index (χ1v) is 9.89. The van der Waals surface area contributed by atoms with E-state index < -0.39 is 27.2 Å². The number of rotatable bonds is 5. The molecule has 1 atom stereocenters. The predicted molar refractivity (Wildman–Crippen MR) is 97.5 cm³/mol. The van der Waals surface area contributed by atoms with Crippen LogP contribution in [0.25, 0.3) is 0 Å². The molecule has 9 heteroatoms. The third kappa shape index (κ3) is 4.24. The highest BCUT2D eigenvalue weighted by atomic mass is 35.5. The number of hydrogen-bond donors (Lipinski definition) is 3. The lowest BCUT2D eigenvalue weighted by Crippen LogP contribution is -2.60. The summed E-state index contributed by atoms with van der Waals surface area (Å²) in [6.07, 6.45) is 0. The van der Waals surface area contributed by atoms with Gasteiger partial charge in [0.25, 0.3) is 0 Å². The highest BCUT2D eigenvalue weighted by Gasteiger charge is 2.40. The van der Waals surface area contributed by atoms with E-state index in [9.17, 15) is 18.0 Å². The summed E-state index contributed by atoms with van der Waals surface area (Å²) in [6.45, 7) is 7.81. The highest BCUT2D eigenvalue weighted by Crippen LogP contribution is 2.35. The number of benzene rings is 1. The molecule has 2 rings (SSSR count). The standard InChI is InChI=1S/C16H22ClN3O4S/c1-8(2)11-5-10(17)6-12(9(3)4)14(11)19-16(22)20-25(23,24)13-7-18-15(13)21/h5-6,8-9,13H,7H2,1-4H3,(H,18,21)(H2,19,20,22). The van der Waals surface area contributed by atoms with E-state index in [4.69, 9.17) is 11.6 Å². The first-order valence-electron chi connectivity index (χ1n) is 7.96. The summed E-state index contributed by atoms with van der Waals surface area (Å²) in [4.78, 5) is 23.5. The van der Waals surface area contributed by atoms with Crippen LogP contribution in [-0.4, -0.2) is 32.2 Å². The van der Waals surface area contributed by atoms with E-state index in [2.05, 4.69) is 10.6 Å². The lowest BCUT2D eigenvalue weighted by Gasteiger charge is -2.26. The molecular weight excluding hydrogens is 366 g/mol. The number of hydrogen-bond acceptors (Lipinski definition) is 4. The molecule has 3 amide bonds. The zero-order chi connectivity index (χ0) is 18.9. The Morgan fingerprint density at radius 1 is 1.20 bits per heavy atom. The summed E-state index contributed by atoms with van der Waals surface area (Å²) in [5.74, 6) is -0.474. The van der Waals surface area contributed by atoms with Gasteiger partial charge < -0.3 is 10.6 Å². The van der Waals surface area contributed by atoms with E-state index in [-0.39, 0.29) is 18.4 Å². The minimum atomic E-state index is -4.07. The van der Waals surface area contributed by atoms with Crippen LogP contribution < -0.4 is 15.4 Å². The van der Waals surface area contributed by atoms with Gasteiger partial charge in [0.15, 0.2) is 5.25 Å². The van der Waals surface area contributed by atoms with Gasteiger partial charge in [-0.2, -0.15) is 0 Å². The molecule has 7 nitrogen and oxygen atoms in total. The smallest absolute Gasteiger partial charge is 0.332 e. The van der Waals surface area contributed by atoms with Crippen molar-refractivity contribution >= 4 is 39.2 Å². The molecule has 1 aromatic carbocycles. The van der Waals surface area contributed by atoms with Gasteiger partial charge >= 0.3 is 6.03 Å². The van der Waals surface area contributed by atoms with Gasteiger partial charge in [0.1, 0.15) is 0 Å². The number of halogens is 1. The third-order valence-electron chi connectivity index (χ3n) is 4.01. The van der Waals surface area contributed by atoms with Crippen molar-refractivity contribution in [1.82, 2.24) is 10.0 Å². The summed E-state index contributed by atoms with van der Waals surface area (Å²) in [7, 11) is -4.07. The van der Waals surface area contributed by atoms with E-state index in [1.165, 1.54) is 0 Å². The Hall–Kier alpha value is -1.80. The SMILES string of the molecule is CC(C)c1cc(Cl)cc(C(C)C)c1NC(=O)NS(=O)(=O)C1CNC1=O. The van der Waals surface area contributed by atoms with E-state index in [0.29, 0.717) is 10.7 Å². The van der Waals surface area contributed by atoms with Crippen LogP contribution >= 0.6 is 11.6 Å². The molecule has 0 bridgehead atoms. The largest absolute Gasteiger partial charge is 0.353 e. The van der Waals surface area contributed by atoms with Crippen LogP contribution in [0.5, 0.6) is 0 Å². The van der Waals surface area contributed by atoms with Gasteiger partial charge in [0.2, 0.25) is 15.9 Å². The Bertz CT molecular complexity index is 777. The van der Waals surface area contributed by atoms with Crippen molar-refractivity contribution in [3.05, 3.63) is 28.3 Å². The number of nitrogens with one attached hydrogen (secondary N) is 3. The van der Waals surface area contributed by atoms with Crippen molar-refractivity contribution in [2.24, 2.45) is 0 Å². The zero-order valence-corrected chi connectivity index (χ0v) is 16.1. The summed E-state index contributed by atoms with van der Waals surface area (Å²) >= 11 is 6.17. The van der Waals surface area contributed by atoms with E-state index in [1.807, 2.05) is 32.4 Å². The number of sulfonamides is 1. The number of urea groups is 1. The maximum absolute atomic E-state index is 12.2. The Morgan fingerprint density at radius 2 is 1.72 bits per heavy atom. The van der Waals surface area contributed by atoms with Crippen LogP contribution in [0.15, 0.2) is 12.1 Å². The first kappa shape index (κ1) is 19.5. The molecule has 0 aliphatic carbocycles. The average Bonchev–Trinajstić information content (AvgIpc) is 2.45. The second-order valence-corrected chi connectivity index (χ2v) is 8.90. The van der Waals surface area contributed by atoms with Gasteiger partial charge in [-0.3, -0.25) is 4.79 Å². The Kier molecular flexibility index (Phi) is 5.63. The number of β-lactam (4-membered cyclic amide) rings is 1. The number of anilines is 1. The molecular formula is C16H22ClN3O4S. The predicted octanol–water partition coefficient (Wildman–Crippen LogP) is 2.54. The molecule has 1 saturated heterocycles. The number of amides is 3. The molecule has 3 N–H and O–H groups in total. The van der Waals surface area contributed by atoms with Crippen molar-refractivity contribution in [2.45, 2.75) is 44.8 Å². The maximum atomic E-state index is 12.2. The van der Waals surface area contributed by atoms with Crippen LogP contribution in [-0.2, 0) is 14.8 Å². The molecule has 0 spiro atoms. The van der Waals surface area contributed by atoms with Crippen LogP contribution in [0, 0.1) is 0 Å². The van der Waals surface area contributed by atoms with E-state index >= 15 is 0 Å². The Balaban J connectivity index is 2.29. The Morgan fingerprint density at radius 3 is 2.08 bits per heavy atom. The van der Waals surface area contributed by atoms with Crippen LogP contribution in [0.4, 0.5) is 10.5 Å². The second kappa shape index (κ2) is 7.21. The van der Waals surface area contributed by atoms with Crippen molar-refractivity contribution in [3.63, 3.8) is 0 Å². The molecule has 1 aliphatic rings. The molecule has 25 heavy (non-hydrogen) atoms. The van der Waals surface area contributed by atoms with Gasteiger partial charge in [-0.1, -0.05) is 39.3 Å². The van der Waals surface area contributed by atoms with E-state index in [1.54, 1.807) is 12.1 Å². The van der Waals surface area contributed by atoms with Crippen molar-refractivity contribution in [1.29, 1.82) is 0 Å². The summed E-state index contributed by atoms with van der Waals surface area (Å²) in [6, 6.07) is 2.61. The monoisotopic (exact) mass is 387 g/mol. The fourth-order valence-electron chi connectivity index (χ4n) is 2.56. The molecule has 1 unspecified atom stereocenters. The van der Waals surface area contributed by atoms with Crippen molar-refractivity contribution in [2.75, 3.05) is 11.9 Å². The molecule has 1 aromatic rings. The zero-order valence-electron chi connectivity index (χ0n) is 14.5. The Labute approximate surface area is 152 Å². The molecule has 0 aromatic heterocycles.